The molecule has 0 saturated heterocycles. The molecular formula is C16H21NO. The number of ketones is 1. The molecule has 0 amide bonds. The summed E-state index contributed by atoms with van der Waals surface area (Å²) in [7, 11) is 0. The van der Waals surface area contributed by atoms with Crippen molar-refractivity contribution in [2.75, 3.05) is 5.32 Å². The van der Waals surface area contributed by atoms with Gasteiger partial charge in [-0.25, -0.2) is 0 Å². The van der Waals surface area contributed by atoms with Crippen LogP contribution in [-0.2, 0) is 4.79 Å². The number of anilines is 1. The molecule has 0 aromatic heterocycles. The van der Waals surface area contributed by atoms with E-state index in [0.29, 0.717) is 0 Å². The number of hydrogen-bond donors (Lipinski definition) is 1. The van der Waals surface area contributed by atoms with E-state index in [4.69, 9.17) is 0 Å². The molecule has 0 unspecified atom stereocenters. The third-order valence-corrected chi connectivity index (χ3v) is 3.56. The molecule has 2 nitrogen and oxygen atoms in total. The predicted molar refractivity (Wildman–Crippen MR) is 75.5 cm³/mol. The summed E-state index contributed by atoms with van der Waals surface area (Å²) in [6.07, 6.45) is 9.28. The molecule has 1 aliphatic carbocycles. The van der Waals surface area contributed by atoms with E-state index in [1.165, 1.54) is 24.8 Å². The van der Waals surface area contributed by atoms with Crippen LogP contribution in [0.3, 0.4) is 0 Å². The largest absolute Gasteiger partial charge is 0.362 e. The Balaban J connectivity index is 1.83. The fraction of sp³-hybridized carbons (Fsp3) is 0.438. The second-order valence-corrected chi connectivity index (χ2v) is 5.08. The molecule has 0 radical (unpaired) electrons. The van der Waals surface area contributed by atoms with Crippen LogP contribution in [0.1, 0.15) is 37.7 Å². The molecule has 1 fully saturated rings. The first-order valence-corrected chi connectivity index (χ1v) is 6.79. The van der Waals surface area contributed by atoms with Crippen molar-refractivity contribution in [2.45, 2.75) is 39.0 Å². The quantitative estimate of drug-likeness (QED) is 0.808. The van der Waals surface area contributed by atoms with E-state index in [1.54, 1.807) is 12.3 Å². The zero-order valence-corrected chi connectivity index (χ0v) is 11.0. The maximum Gasteiger partial charge on any atom is 0.160 e. The van der Waals surface area contributed by atoms with Crippen molar-refractivity contribution in [3.8, 4) is 0 Å². The van der Waals surface area contributed by atoms with Gasteiger partial charge in [-0.2, -0.15) is 0 Å². The molecule has 0 atom stereocenters. The molecule has 18 heavy (non-hydrogen) atoms. The maximum atomic E-state index is 11.9. The zero-order valence-electron chi connectivity index (χ0n) is 11.0. The molecule has 2 rings (SSSR count). The first-order chi connectivity index (χ1) is 8.75. The van der Waals surface area contributed by atoms with Crippen LogP contribution < -0.4 is 5.32 Å². The van der Waals surface area contributed by atoms with Gasteiger partial charge in [-0.05, 0) is 38.0 Å². The molecular weight excluding hydrogens is 222 g/mol. The third kappa shape index (κ3) is 3.73. The highest BCUT2D eigenvalue weighted by molar-refractivity contribution is 5.92. The van der Waals surface area contributed by atoms with Crippen molar-refractivity contribution in [1.29, 1.82) is 0 Å². The van der Waals surface area contributed by atoms with Gasteiger partial charge in [0.2, 0.25) is 0 Å². The van der Waals surface area contributed by atoms with Crippen LogP contribution in [0.5, 0.6) is 0 Å². The average Bonchev–Trinajstić information content (AvgIpc) is 2.42. The Morgan fingerprint density at radius 3 is 2.50 bits per heavy atom. The summed E-state index contributed by atoms with van der Waals surface area (Å²) in [5, 5.41) is 3.14. The van der Waals surface area contributed by atoms with Gasteiger partial charge >= 0.3 is 0 Å². The van der Waals surface area contributed by atoms with E-state index in [1.807, 2.05) is 12.1 Å². The molecule has 96 valence electrons. The van der Waals surface area contributed by atoms with Crippen LogP contribution in [0.15, 0.2) is 36.5 Å². The highest BCUT2D eigenvalue weighted by atomic mass is 16.1. The highest BCUT2D eigenvalue weighted by Crippen LogP contribution is 2.24. The van der Waals surface area contributed by atoms with E-state index in [9.17, 15) is 4.79 Å². The summed E-state index contributed by atoms with van der Waals surface area (Å²) in [5.74, 6) is 0.532. The van der Waals surface area contributed by atoms with Gasteiger partial charge < -0.3 is 5.32 Å². The fourth-order valence-electron chi connectivity index (χ4n) is 2.39. The Hall–Kier alpha value is -1.57. The van der Waals surface area contributed by atoms with Crippen molar-refractivity contribution in [1.82, 2.24) is 0 Å². The normalized spacial score (nSPS) is 16.9. The predicted octanol–water partition coefficient (Wildman–Crippen LogP) is 4.07. The van der Waals surface area contributed by atoms with Crippen LogP contribution in [0.4, 0.5) is 5.69 Å². The summed E-state index contributed by atoms with van der Waals surface area (Å²) >= 11 is 0. The molecule has 0 aliphatic heterocycles. The number of benzene rings is 1. The molecule has 1 saturated carbocycles. The molecule has 0 spiro atoms. The number of allylic oxidation sites excluding steroid dienone is 1. The van der Waals surface area contributed by atoms with Crippen LogP contribution in [0.25, 0.3) is 0 Å². The number of nitrogens with one attached hydrogen (secondary N) is 1. The Labute approximate surface area is 109 Å². The van der Waals surface area contributed by atoms with Crippen molar-refractivity contribution >= 4 is 11.5 Å². The van der Waals surface area contributed by atoms with E-state index in [0.717, 1.165) is 18.5 Å². The summed E-state index contributed by atoms with van der Waals surface area (Å²) in [5.41, 5.74) is 2.26. The first-order valence-electron chi connectivity index (χ1n) is 6.79. The monoisotopic (exact) mass is 243 g/mol. The van der Waals surface area contributed by atoms with Crippen LogP contribution in [0.2, 0.25) is 0 Å². The minimum absolute atomic E-state index is 0.259. The van der Waals surface area contributed by atoms with Gasteiger partial charge in [0.05, 0.1) is 0 Å². The summed E-state index contributed by atoms with van der Waals surface area (Å²) in [6.45, 7) is 2.06. The second kappa shape index (κ2) is 6.39. The molecule has 0 heterocycles. The van der Waals surface area contributed by atoms with Crippen LogP contribution >= 0.6 is 0 Å². The van der Waals surface area contributed by atoms with Crippen LogP contribution in [-0.4, -0.2) is 5.78 Å². The lowest BCUT2D eigenvalue weighted by atomic mass is 9.86. The Morgan fingerprint density at radius 2 is 1.83 bits per heavy atom. The highest BCUT2D eigenvalue weighted by Gasteiger charge is 2.18. The number of aryl methyl sites for hydroxylation is 1. The Kier molecular flexibility index (Phi) is 4.57. The van der Waals surface area contributed by atoms with E-state index in [2.05, 4.69) is 24.4 Å². The lowest BCUT2D eigenvalue weighted by Gasteiger charge is -2.18. The molecule has 1 aromatic carbocycles. The van der Waals surface area contributed by atoms with Gasteiger partial charge in [0.15, 0.2) is 5.78 Å². The van der Waals surface area contributed by atoms with Gasteiger partial charge in [0, 0.05) is 17.8 Å². The standard InChI is InChI=1S/C16H21NO/c1-13-7-9-15(10-8-13)17-12-11-16(18)14-5-3-2-4-6-14/h7-12,14,17H,2-6H2,1H3/b12-11+. The van der Waals surface area contributed by atoms with Crippen molar-refractivity contribution in [2.24, 2.45) is 5.92 Å². The molecule has 1 aromatic rings. The Bertz CT molecular complexity index is 413. The van der Waals surface area contributed by atoms with E-state index < -0.39 is 0 Å². The number of carbonyl (C=O) groups excluding carboxylic acids is 1. The number of carbonyl (C=O) groups is 1. The SMILES string of the molecule is Cc1ccc(N/C=C/C(=O)C2CCCCC2)cc1. The van der Waals surface area contributed by atoms with Gasteiger partial charge in [0.25, 0.3) is 0 Å². The molecule has 1 aliphatic rings. The third-order valence-electron chi connectivity index (χ3n) is 3.56. The van der Waals surface area contributed by atoms with Gasteiger partial charge in [-0.1, -0.05) is 37.0 Å². The van der Waals surface area contributed by atoms with Crippen molar-refractivity contribution in [3.05, 3.63) is 42.1 Å². The zero-order chi connectivity index (χ0) is 12.8. The number of hydrogen-bond acceptors (Lipinski definition) is 2. The lowest BCUT2D eigenvalue weighted by Crippen LogP contribution is -2.15. The smallest absolute Gasteiger partial charge is 0.160 e. The molecule has 1 N–H and O–H groups in total. The minimum atomic E-state index is 0.259. The van der Waals surface area contributed by atoms with Crippen molar-refractivity contribution < 1.29 is 4.79 Å². The van der Waals surface area contributed by atoms with Crippen molar-refractivity contribution in [3.63, 3.8) is 0 Å². The lowest BCUT2D eigenvalue weighted by molar-refractivity contribution is -0.119. The molecule has 0 bridgehead atoms. The van der Waals surface area contributed by atoms with Gasteiger partial charge in [-0.15, -0.1) is 0 Å². The Morgan fingerprint density at radius 1 is 1.17 bits per heavy atom. The minimum Gasteiger partial charge on any atom is -0.362 e. The topological polar surface area (TPSA) is 29.1 Å². The number of rotatable bonds is 4. The molecule has 2 heteroatoms. The van der Waals surface area contributed by atoms with Gasteiger partial charge in [0.1, 0.15) is 0 Å². The van der Waals surface area contributed by atoms with E-state index >= 15 is 0 Å². The van der Waals surface area contributed by atoms with E-state index in [-0.39, 0.29) is 11.7 Å². The summed E-state index contributed by atoms with van der Waals surface area (Å²) in [4.78, 5) is 11.9. The van der Waals surface area contributed by atoms with Crippen LogP contribution in [0, 0.1) is 12.8 Å². The first kappa shape index (κ1) is 12.9. The average molecular weight is 243 g/mol. The summed E-state index contributed by atoms with van der Waals surface area (Å²) in [6, 6.07) is 8.15. The fourth-order valence-corrected chi connectivity index (χ4v) is 2.39. The van der Waals surface area contributed by atoms with Gasteiger partial charge in [-0.3, -0.25) is 4.79 Å². The maximum absolute atomic E-state index is 11.9. The second-order valence-electron chi connectivity index (χ2n) is 5.08. The summed E-state index contributed by atoms with van der Waals surface area (Å²) < 4.78 is 0.